The van der Waals surface area contributed by atoms with Crippen molar-refractivity contribution >= 4 is 28.9 Å². The molecule has 20 heavy (non-hydrogen) atoms. The van der Waals surface area contributed by atoms with E-state index in [2.05, 4.69) is 30.8 Å². The summed E-state index contributed by atoms with van der Waals surface area (Å²) in [6.07, 6.45) is 6.00. The molecule has 0 radical (unpaired) electrons. The lowest BCUT2D eigenvalue weighted by molar-refractivity contribution is 0.358. The number of piperidine rings is 1. The second kappa shape index (κ2) is 5.80. The summed E-state index contributed by atoms with van der Waals surface area (Å²) in [4.78, 5) is 22.7. The van der Waals surface area contributed by atoms with E-state index in [0.717, 1.165) is 31.3 Å². The SMILES string of the molecule is CSN1CCC(Nc2ncc3ccc(=O)[nH]c3n2)CC1. The van der Waals surface area contributed by atoms with Gasteiger partial charge in [-0.1, -0.05) is 11.9 Å². The van der Waals surface area contributed by atoms with Gasteiger partial charge in [-0.3, -0.25) is 9.10 Å². The minimum atomic E-state index is -0.143. The maximum absolute atomic E-state index is 11.3. The third-order valence-corrected chi connectivity index (χ3v) is 4.40. The van der Waals surface area contributed by atoms with Crippen LogP contribution in [0.4, 0.5) is 5.95 Å². The third-order valence-electron chi connectivity index (χ3n) is 3.52. The number of fused-ring (bicyclic) bond motifs is 1. The van der Waals surface area contributed by atoms with E-state index in [1.807, 2.05) is 0 Å². The van der Waals surface area contributed by atoms with Gasteiger partial charge in [0.1, 0.15) is 5.65 Å². The van der Waals surface area contributed by atoms with Crippen molar-refractivity contribution in [3.05, 3.63) is 28.7 Å². The van der Waals surface area contributed by atoms with Gasteiger partial charge in [-0.05, 0) is 25.2 Å². The largest absolute Gasteiger partial charge is 0.351 e. The number of rotatable bonds is 3. The van der Waals surface area contributed by atoms with Crippen molar-refractivity contribution in [2.75, 3.05) is 24.7 Å². The average molecular weight is 291 g/mol. The first-order valence-corrected chi connectivity index (χ1v) is 7.84. The molecule has 106 valence electrons. The van der Waals surface area contributed by atoms with Gasteiger partial charge in [-0.2, -0.15) is 4.98 Å². The van der Waals surface area contributed by atoms with E-state index in [-0.39, 0.29) is 5.56 Å². The Balaban J connectivity index is 1.73. The number of H-pyrrole nitrogens is 1. The predicted octanol–water partition coefficient (Wildman–Crippen LogP) is 1.47. The molecule has 0 amide bonds. The molecule has 0 bridgehead atoms. The maximum atomic E-state index is 11.3. The Hall–Kier alpha value is -1.60. The minimum absolute atomic E-state index is 0.143. The zero-order valence-corrected chi connectivity index (χ0v) is 12.1. The fraction of sp³-hybridized carbons (Fsp3) is 0.462. The second-order valence-electron chi connectivity index (χ2n) is 4.85. The van der Waals surface area contributed by atoms with Crippen LogP contribution in [0.15, 0.2) is 23.1 Å². The van der Waals surface area contributed by atoms with E-state index in [1.54, 1.807) is 24.2 Å². The molecule has 1 fully saturated rings. The zero-order chi connectivity index (χ0) is 13.9. The molecule has 1 aliphatic rings. The molecule has 0 aromatic carbocycles. The highest BCUT2D eigenvalue weighted by molar-refractivity contribution is 7.96. The van der Waals surface area contributed by atoms with Crippen LogP contribution < -0.4 is 10.9 Å². The third kappa shape index (κ3) is 2.94. The fourth-order valence-corrected chi connectivity index (χ4v) is 2.95. The molecule has 1 aliphatic heterocycles. The first kappa shape index (κ1) is 13.4. The Bertz CT molecular complexity index is 650. The molecule has 0 saturated carbocycles. The second-order valence-corrected chi connectivity index (χ2v) is 5.73. The Morgan fingerprint density at radius 1 is 1.40 bits per heavy atom. The van der Waals surface area contributed by atoms with Crippen molar-refractivity contribution in [1.29, 1.82) is 0 Å². The maximum Gasteiger partial charge on any atom is 0.249 e. The minimum Gasteiger partial charge on any atom is -0.351 e. The highest BCUT2D eigenvalue weighted by Gasteiger charge is 2.19. The topological polar surface area (TPSA) is 73.9 Å². The van der Waals surface area contributed by atoms with Crippen molar-refractivity contribution in [2.45, 2.75) is 18.9 Å². The van der Waals surface area contributed by atoms with Gasteiger partial charge in [0.2, 0.25) is 11.5 Å². The van der Waals surface area contributed by atoms with Gasteiger partial charge in [0, 0.05) is 36.8 Å². The normalized spacial score (nSPS) is 17.4. The Morgan fingerprint density at radius 2 is 2.20 bits per heavy atom. The van der Waals surface area contributed by atoms with Crippen molar-refractivity contribution in [3.63, 3.8) is 0 Å². The lowest BCUT2D eigenvalue weighted by Gasteiger charge is -2.30. The molecule has 1 saturated heterocycles. The number of hydrogen-bond donors (Lipinski definition) is 2. The van der Waals surface area contributed by atoms with Crippen LogP contribution in [0.5, 0.6) is 0 Å². The molecule has 3 rings (SSSR count). The zero-order valence-electron chi connectivity index (χ0n) is 11.3. The molecule has 0 atom stereocenters. The van der Waals surface area contributed by atoms with Gasteiger partial charge < -0.3 is 10.3 Å². The molecule has 6 nitrogen and oxygen atoms in total. The first-order chi connectivity index (χ1) is 9.74. The summed E-state index contributed by atoms with van der Waals surface area (Å²) >= 11 is 1.79. The van der Waals surface area contributed by atoms with Crippen molar-refractivity contribution < 1.29 is 0 Å². The van der Waals surface area contributed by atoms with Crippen molar-refractivity contribution in [3.8, 4) is 0 Å². The van der Waals surface area contributed by atoms with Crippen LogP contribution in [0.2, 0.25) is 0 Å². The van der Waals surface area contributed by atoms with Crippen LogP contribution in [-0.2, 0) is 0 Å². The number of anilines is 1. The van der Waals surface area contributed by atoms with Crippen molar-refractivity contribution in [2.24, 2.45) is 0 Å². The average Bonchev–Trinajstić information content (AvgIpc) is 2.47. The first-order valence-electron chi connectivity index (χ1n) is 6.66. The van der Waals surface area contributed by atoms with Crippen LogP contribution in [0.1, 0.15) is 12.8 Å². The molecule has 7 heteroatoms. The van der Waals surface area contributed by atoms with Crippen molar-refractivity contribution in [1.82, 2.24) is 19.3 Å². The molecule has 2 N–H and O–H groups in total. The number of hydrogen-bond acceptors (Lipinski definition) is 6. The highest BCUT2D eigenvalue weighted by Crippen LogP contribution is 2.19. The van der Waals surface area contributed by atoms with E-state index in [0.29, 0.717) is 17.6 Å². The molecular weight excluding hydrogens is 274 g/mol. The van der Waals surface area contributed by atoms with Crippen LogP contribution >= 0.6 is 11.9 Å². The van der Waals surface area contributed by atoms with Gasteiger partial charge in [-0.15, -0.1) is 0 Å². The van der Waals surface area contributed by atoms with Gasteiger partial charge in [0.25, 0.3) is 0 Å². The van der Waals surface area contributed by atoms with Crippen LogP contribution in [0, 0.1) is 0 Å². The lowest BCUT2D eigenvalue weighted by atomic mass is 10.1. The van der Waals surface area contributed by atoms with E-state index in [9.17, 15) is 4.79 Å². The molecule has 0 spiro atoms. The monoisotopic (exact) mass is 291 g/mol. The number of nitrogens with one attached hydrogen (secondary N) is 2. The molecule has 2 aromatic heterocycles. The van der Waals surface area contributed by atoms with Gasteiger partial charge in [0.15, 0.2) is 0 Å². The molecule has 0 aliphatic carbocycles. The smallest absolute Gasteiger partial charge is 0.249 e. The summed E-state index contributed by atoms with van der Waals surface area (Å²) in [5.41, 5.74) is 0.437. The standard InChI is InChI=1S/C13H17N5OS/c1-20-18-6-4-10(5-7-18)15-13-14-8-9-2-3-11(19)16-12(9)17-13/h2-3,8,10H,4-7H2,1H3,(H2,14,15,16,17,19). The predicted molar refractivity (Wildman–Crippen MR) is 81.9 cm³/mol. The Morgan fingerprint density at radius 3 is 2.95 bits per heavy atom. The van der Waals surface area contributed by atoms with Crippen LogP contribution in [0.3, 0.4) is 0 Å². The molecular formula is C13H17N5OS. The lowest BCUT2D eigenvalue weighted by Crippen LogP contribution is -2.35. The summed E-state index contributed by atoms with van der Waals surface area (Å²) < 4.78 is 2.36. The van der Waals surface area contributed by atoms with Gasteiger partial charge in [0.05, 0.1) is 0 Å². The van der Waals surface area contributed by atoms with Gasteiger partial charge in [-0.25, -0.2) is 4.98 Å². The summed E-state index contributed by atoms with van der Waals surface area (Å²) in [5, 5.41) is 4.20. The molecule has 0 unspecified atom stereocenters. The van der Waals surface area contributed by atoms with E-state index >= 15 is 0 Å². The van der Waals surface area contributed by atoms with Crippen LogP contribution in [0.25, 0.3) is 11.0 Å². The summed E-state index contributed by atoms with van der Waals surface area (Å²) in [6, 6.07) is 3.61. The number of pyridine rings is 1. The molecule has 3 heterocycles. The van der Waals surface area contributed by atoms with E-state index < -0.39 is 0 Å². The quantitative estimate of drug-likeness (QED) is 0.834. The van der Waals surface area contributed by atoms with Crippen LogP contribution in [-0.4, -0.2) is 44.6 Å². The number of nitrogens with zero attached hydrogens (tertiary/aromatic N) is 3. The fourth-order valence-electron chi connectivity index (χ4n) is 2.37. The molecule has 2 aromatic rings. The number of aromatic nitrogens is 3. The Labute approximate surface area is 121 Å². The van der Waals surface area contributed by atoms with E-state index in [1.165, 1.54) is 6.07 Å². The highest BCUT2D eigenvalue weighted by atomic mass is 32.2. The number of aromatic amines is 1. The summed E-state index contributed by atoms with van der Waals surface area (Å²) in [7, 11) is 0. The summed E-state index contributed by atoms with van der Waals surface area (Å²) in [5.74, 6) is 0.585. The summed E-state index contributed by atoms with van der Waals surface area (Å²) in [6.45, 7) is 2.15. The Kier molecular flexibility index (Phi) is 3.88. The van der Waals surface area contributed by atoms with E-state index in [4.69, 9.17) is 0 Å². The van der Waals surface area contributed by atoms with Gasteiger partial charge >= 0.3 is 0 Å².